The quantitative estimate of drug-likeness (QED) is 0.772. The Kier molecular flexibility index (Phi) is 3.39. The largest absolute Gasteiger partial charge is 0.493 e. The summed E-state index contributed by atoms with van der Waals surface area (Å²) in [5.74, 6) is 1.37. The number of rotatable bonds is 4. The predicted octanol–water partition coefficient (Wildman–Crippen LogP) is 3.18. The van der Waals surface area contributed by atoms with Crippen LogP contribution in [0, 0.1) is 0 Å². The summed E-state index contributed by atoms with van der Waals surface area (Å²) in [4.78, 5) is 4.63. The second kappa shape index (κ2) is 5.34. The smallest absolute Gasteiger partial charge is 0.129 e. The number of nitrogens with one attached hydrogen (secondary N) is 1. The average Bonchev–Trinajstić information content (AvgIpc) is 3.08. The number of aromatic nitrogens is 3. The molecule has 0 saturated carbocycles. The summed E-state index contributed by atoms with van der Waals surface area (Å²) < 4.78 is 5.64. The molecule has 1 aromatic carbocycles. The van der Waals surface area contributed by atoms with Crippen LogP contribution in [-0.2, 0) is 0 Å². The van der Waals surface area contributed by atoms with Gasteiger partial charge in [-0.3, -0.25) is 5.10 Å². The first-order chi connectivity index (χ1) is 9.79. The summed E-state index contributed by atoms with van der Waals surface area (Å²) in [6.45, 7) is 2.60. The van der Waals surface area contributed by atoms with Crippen molar-refractivity contribution < 1.29 is 4.74 Å². The van der Waals surface area contributed by atoms with E-state index in [9.17, 15) is 0 Å². The van der Waals surface area contributed by atoms with Crippen LogP contribution in [0.5, 0.6) is 5.75 Å². The highest BCUT2D eigenvalue weighted by molar-refractivity contribution is 7.13. The van der Waals surface area contributed by atoms with Gasteiger partial charge in [0.25, 0.3) is 0 Å². The molecule has 0 aliphatic rings. The van der Waals surface area contributed by atoms with E-state index in [-0.39, 0.29) is 0 Å². The molecule has 3 aromatic rings. The van der Waals surface area contributed by atoms with E-state index >= 15 is 0 Å². The number of H-pyrrole nitrogens is 1. The Labute approximate surface area is 120 Å². The summed E-state index contributed by atoms with van der Waals surface area (Å²) in [6.07, 6.45) is 1.69. The number of aromatic amines is 1. The number of hydrogen-bond acceptors (Lipinski definition) is 5. The predicted molar refractivity (Wildman–Crippen MR) is 80.7 cm³/mol. The molecule has 6 heteroatoms. The molecule has 20 heavy (non-hydrogen) atoms. The zero-order valence-electron chi connectivity index (χ0n) is 11.0. The van der Waals surface area contributed by atoms with Crippen molar-refractivity contribution in [2.45, 2.75) is 6.92 Å². The van der Waals surface area contributed by atoms with Gasteiger partial charge in [0, 0.05) is 10.9 Å². The maximum atomic E-state index is 5.82. The minimum atomic E-state index is 0.531. The molecule has 0 aliphatic carbocycles. The fraction of sp³-hybridized carbons (Fsp3) is 0.143. The third-order valence-electron chi connectivity index (χ3n) is 2.87. The van der Waals surface area contributed by atoms with Crippen molar-refractivity contribution in [1.29, 1.82) is 0 Å². The molecular formula is C14H14N4OS. The number of nitrogens with two attached hydrogens (primary N) is 1. The lowest BCUT2D eigenvalue weighted by molar-refractivity contribution is 0.341. The van der Waals surface area contributed by atoms with Crippen LogP contribution < -0.4 is 10.5 Å². The Morgan fingerprint density at radius 3 is 2.90 bits per heavy atom. The van der Waals surface area contributed by atoms with Crippen molar-refractivity contribution in [3.63, 3.8) is 0 Å². The van der Waals surface area contributed by atoms with Crippen LogP contribution in [0.15, 0.2) is 35.8 Å². The second-order valence-electron chi connectivity index (χ2n) is 4.16. The average molecular weight is 286 g/mol. The van der Waals surface area contributed by atoms with E-state index in [1.54, 1.807) is 6.20 Å². The Balaban J connectivity index is 2.00. The maximum Gasteiger partial charge on any atom is 0.129 e. The van der Waals surface area contributed by atoms with Crippen LogP contribution in [0.1, 0.15) is 6.92 Å². The molecule has 0 saturated heterocycles. The van der Waals surface area contributed by atoms with Gasteiger partial charge in [-0.15, -0.1) is 11.3 Å². The minimum Gasteiger partial charge on any atom is -0.493 e. The third-order valence-corrected chi connectivity index (χ3v) is 3.74. The van der Waals surface area contributed by atoms with E-state index in [2.05, 4.69) is 15.2 Å². The molecule has 0 atom stereocenters. The molecule has 0 fully saturated rings. The molecule has 0 radical (unpaired) electrons. The molecule has 0 aliphatic heterocycles. The lowest BCUT2D eigenvalue weighted by Gasteiger charge is -2.07. The summed E-state index contributed by atoms with van der Waals surface area (Å²) in [6, 6.07) is 7.88. The Bertz CT molecular complexity index is 719. The zero-order valence-corrected chi connectivity index (χ0v) is 11.8. The molecule has 0 spiro atoms. The monoisotopic (exact) mass is 286 g/mol. The fourth-order valence-corrected chi connectivity index (χ4v) is 2.79. The van der Waals surface area contributed by atoms with Crippen molar-refractivity contribution >= 4 is 17.2 Å². The van der Waals surface area contributed by atoms with Gasteiger partial charge in [-0.05, 0) is 19.1 Å². The maximum absolute atomic E-state index is 5.82. The number of hydrogen-bond donors (Lipinski definition) is 2. The van der Waals surface area contributed by atoms with Gasteiger partial charge in [0.1, 0.15) is 16.6 Å². The SMILES string of the molecule is CCOc1ccccc1-c1csc(-c2cn[nH]c2N)n1. The highest BCUT2D eigenvalue weighted by Gasteiger charge is 2.13. The second-order valence-corrected chi connectivity index (χ2v) is 5.02. The first-order valence-corrected chi connectivity index (χ1v) is 7.14. The number of nitrogens with zero attached hydrogens (tertiary/aromatic N) is 2. The van der Waals surface area contributed by atoms with Crippen LogP contribution in [0.25, 0.3) is 21.8 Å². The first kappa shape index (κ1) is 12.7. The van der Waals surface area contributed by atoms with Gasteiger partial charge in [0.2, 0.25) is 0 Å². The van der Waals surface area contributed by atoms with Crippen molar-refractivity contribution in [3.05, 3.63) is 35.8 Å². The van der Waals surface area contributed by atoms with Gasteiger partial charge in [0.15, 0.2) is 0 Å². The molecule has 0 amide bonds. The Morgan fingerprint density at radius 1 is 1.30 bits per heavy atom. The number of thiazole rings is 1. The third kappa shape index (κ3) is 2.25. The fourth-order valence-electron chi connectivity index (χ4n) is 1.95. The molecule has 0 unspecified atom stereocenters. The van der Waals surface area contributed by atoms with Crippen LogP contribution in [0.3, 0.4) is 0 Å². The molecule has 3 rings (SSSR count). The molecule has 0 bridgehead atoms. The van der Waals surface area contributed by atoms with Crippen molar-refractivity contribution in [1.82, 2.24) is 15.2 Å². The van der Waals surface area contributed by atoms with E-state index in [4.69, 9.17) is 10.5 Å². The van der Waals surface area contributed by atoms with E-state index in [1.807, 2.05) is 36.6 Å². The van der Waals surface area contributed by atoms with E-state index in [0.29, 0.717) is 12.4 Å². The number of anilines is 1. The Hall–Kier alpha value is -2.34. The van der Waals surface area contributed by atoms with Gasteiger partial charge in [0.05, 0.1) is 24.1 Å². The first-order valence-electron chi connectivity index (χ1n) is 6.26. The molecule has 5 nitrogen and oxygen atoms in total. The van der Waals surface area contributed by atoms with Crippen LogP contribution in [0.2, 0.25) is 0 Å². The lowest BCUT2D eigenvalue weighted by atomic mass is 10.1. The number of nitrogen functional groups attached to an aromatic ring is 1. The number of para-hydroxylation sites is 1. The Morgan fingerprint density at radius 2 is 2.15 bits per heavy atom. The van der Waals surface area contributed by atoms with Gasteiger partial charge in [-0.25, -0.2) is 4.98 Å². The number of ether oxygens (including phenoxy) is 1. The normalized spacial score (nSPS) is 10.7. The van der Waals surface area contributed by atoms with Gasteiger partial charge in [-0.1, -0.05) is 12.1 Å². The van der Waals surface area contributed by atoms with E-state index < -0.39 is 0 Å². The van der Waals surface area contributed by atoms with Crippen molar-refractivity contribution in [3.8, 4) is 27.6 Å². The van der Waals surface area contributed by atoms with Gasteiger partial charge in [-0.2, -0.15) is 5.10 Å². The molecule has 102 valence electrons. The van der Waals surface area contributed by atoms with Crippen LogP contribution >= 0.6 is 11.3 Å². The topological polar surface area (TPSA) is 76.8 Å². The standard InChI is InChI=1S/C14H14N4OS/c1-2-19-12-6-4-3-5-9(12)11-8-20-14(17-11)10-7-16-18-13(10)15/h3-8H,2H2,1H3,(H3,15,16,18). The lowest BCUT2D eigenvalue weighted by Crippen LogP contribution is -1.93. The summed E-state index contributed by atoms with van der Waals surface area (Å²) in [5.41, 5.74) is 8.52. The highest BCUT2D eigenvalue weighted by atomic mass is 32.1. The number of benzene rings is 1. The minimum absolute atomic E-state index is 0.531. The van der Waals surface area contributed by atoms with Crippen LogP contribution in [-0.4, -0.2) is 21.8 Å². The van der Waals surface area contributed by atoms with Crippen LogP contribution in [0.4, 0.5) is 5.82 Å². The zero-order chi connectivity index (χ0) is 13.9. The van der Waals surface area contributed by atoms with Crippen molar-refractivity contribution in [2.24, 2.45) is 0 Å². The summed E-state index contributed by atoms with van der Waals surface area (Å²) in [7, 11) is 0. The highest BCUT2D eigenvalue weighted by Crippen LogP contribution is 2.34. The molecule has 3 N–H and O–H groups in total. The molecule has 2 aromatic heterocycles. The van der Waals surface area contributed by atoms with Gasteiger partial charge < -0.3 is 10.5 Å². The van der Waals surface area contributed by atoms with Crippen molar-refractivity contribution in [2.75, 3.05) is 12.3 Å². The molecule has 2 heterocycles. The van der Waals surface area contributed by atoms with E-state index in [0.717, 1.165) is 27.6 Å². The van der Waals surface area contributed by atoms with E-state index in [1.165, 1.54) is 11.3 Å². The summed E-state index contributed by atoms with van der Waals surface area (Å²) in [5, 5.41) is 9.48. The summed E-state index contributed by atoms with van der Waals surface area (Å²) >= 11 is 1.54. The van der Waals surface area contributed by atoms with Gasteiger partial charge >= 0.3 is 0 Å². The molecular weight excluding hydrogens is 272 g/mol.